The Morgan fingerprint density at radius 1 is 1.57 bits per heavy atom. The summed E-state index contributed by atoms with van der Waals surface area (Å²) in [5.41, 5.74) is 1.31. The third kappa shape index (κ3) is 2.81. The van der Waals surface area contributed by atoms with E-state index in [1.54, 1.807) is 12.3 Å². The second-order valence-electron chi connectivity index (χ2n) is 2.87. The van der Waals surface area contributed by atoms with Gasteiger partial charge in [-0.25, -0.2) is 9.78 Å². The van der Waals surface area contributed by atoms with Crippen molar-refractivity contribution >= 4 is 5.97 Å². The van der Waals surface area contributed by atoms with Crippen molar-refractivity contribution in [3.8, 4) is 0 Å². The zero-order chi connectivity index (χ0) is 10.4. The van der Waals surface area contributed by atoms with Gasteiger partial charge in [0.25, 0.3) is 0 Å². The number of hydrogen-bond acceptors (Lipinski definition) is 4. The van der Waals surface area contributed by atoms with E-state index in [4.69, 9.17) is 5.11 Å². The quantitative estimate of drug-likeness (QED) is 0.722. The van der Waals surface area contributed by atoms with Crippen LogP contribution in [-0.2, 0) is 11.2 Å². The Kier molecular flexibility index (Phi) is 4.07. The SMILES string of the molecule is COC(=O)c1ccc(CCCO)cn1. The third-order valence-electron chi connectivity index (χ3n) is 1.84. The summed E-state index contributed by atoms with van der Waals surface area (Å²) in [6.07, 6.45) is 3.10. The van der Waals surface area contributed by atoms with Crippen molar-refractivity contribution in [3.05, 3.63) is 29.6 Å². The van der Waals surface area contributed by atoms with Crippen molar-refractivity contribution in [2.45, 2.75) is 12.8 Å². The van der Waals surface area contributed by atoms with Crippen molar-refractivity contribution < 1.29 is 14.6 Å². The molecule has 76 valence electrons. The first kappa shape index (κ1) is 10.7. The van der Waals surface area contributed by atoms with Gasteiger partial charge in [-0.2, -0.15) is 0 Å². The molecule has 1 aromatic heterocycles. The Balaban J connectivity index is 2.63. The van der Waals surface area contributed by atoms with Gasteiger partial charge in [-0.3, -0.25) is 0 Å². The van der Waals surface area contributed by atoms with E-state index in [9.17, 15) is 4.79 Å². The summed E-state index contributed by atoms with van der Waals surface area (Å²) in [4.78, 5) is 15.0. The van der Waals surface area contributed by atoms with Crippen LogP contribution in [-0.4, -0.2) is 29.8 Å². The van der Waals surface area contributed by atoms with E-state index in [1.165, 1.54) is 7.11 Å². The maximum absolute atomic E-state index is 11.0. The number of ether oxygens (including phenoxy) is 1. The number of pyridine rings is 1. The summed E-state index contributed by atoms with van der Waals surface area (Å²) in [7, 11) is 1.32. The second-order valence-corrected chi connectivity index (χ2v) is 2.87. The summed E-state index contributed by atoms with van der Waals surface area (Å²) in [5, 5.41) is 8.61. The predicted octanol–water partition coefficient (Wildman–Crippen LogP) is 0.793. The largest absolute Gasteiger partial charge is 0.464 e. The molecule has 0 spiro atoms. The highest BCUT2D eigenvalue weighted by Gasteiger charge is 2.05. The topological polar surface area (TPSA) is 59.4 Å². The van der Waals surface area contributed by atoms with E-state index in [2.05, 4.69) is 9.72 Å². The molecule has 1 N–H and O–H groups in total. The van der Waals surface area contributed by atoms with Gasteiger partial charge in [0.15, 0.2) is 0 Å². The molecular weight excluding hydrogens is 182 g/mol. The number of methoxy groups -OCH3 is 1. The molecule has 1 aromatic rings. The van der Waals surface area contributed by atoms with Gasteiger partial charge in [0.05, 0.1) is 7.11 Å². The summed E-state index contributed by atoms with van der Waals surface area (Å²) < 4.78 is 4.52. The second kappa shape index (κ2) is 5.34. The lowest BCUT2D eigenvalue weighted by atomic mass is 10.1. The van der Waals surface area contributed by atoms with E-state index < -0.39 is 5.97 Å². The van der Waals surface area contributed by atoms with E-state index in [1.807, 2.05) is 6.07 Å². The molecule has 0 fully saturated rings. The molecule has 0 atom stereocenters. The molecule has 0 aromatic carbocycles. The van der Waals surface area contributed by atoms with Gasteiger partial charge in [-0.1, -0.05) is 6.07 Å². The van der Waals surface area contributed by atoms with Gasteiger partial charge in [-0.05, 0) is 24.5 Å². The number of rotatable bonds is 4. The Morgan fingerprint density at radius 3 is 2.86 bits per heavy atom. The summed E-state index contributed by atoms with van der Waals surface area (Å²) in [5.74, 6) is -0.432. The average molecular weight is 195 g/mol. The highest BCUT2D eigenvalue weighted by atomic mass is 16.5. The minimum Gasteiger partial charge on any atom is -0.464 e. The first-order valence-electron chi connectivity index (χ1n) is 4.42. The van der Waals surface area contributed by atoms with Gasteiger partial charge in [-0.15, -0.1) is 0 Å². The van der Waals surface area contributed by atoms with Crippen LogP contribution in [0.1, 0.15) is 22.5 Å². The molecule has 0 aliphatic carbocycles. The van der Waals surface area contributed by atoms with Crippen LogP contribution in [0.3, 0.4) is 0 Å². The lowest BCUT2D eigenvalue weighted by Gasteiger charge is -2.00. The van der Waals surface area contributed by atoms with Crippen LogP contribution >= 0.6 is 0 Å². The summed E-state index contributed by atoms with van der Waals surface area (Å²) >= 11 is 0. The zero-order valence-corrected chi connectivity index (χ0v) is 8.06. The van der Waals surface area contributed by atoms with Crippen molar-refractivity contribution in [3.63, 3.8) is 0 Å². The van der Waals surface area contributed by atoms with Gasteiger partial charge in [0, 0.05) is 12.8 Å². The Bertz CT molecular complexity index is 295. The number of carbonyl (C=O) groups excluding carboxylic acids is 1. The van der Waals surface area contributed by atoms with Crippen molar-refractivity contribution in [1.82, 2.24) is 4.98 Å². The molecule has 0 saturated carbocycles. The Labute approximate surface area is 82.5 Å². The molecular formula is C10H13NO3. The standard InChI is InChI=1S/C10H13NO3/c1-14-10(13)9-5-4-8(7-11-9)3-2-6-12/h4-5,7,12H,2-3,6H2,1H3. The van der Waals surface area contributed by atoms with E-state index in [-0.39, 0.29) is 6.61 Å². The van der Waals surface area contributed by atoms with Crippen LogP contribution < -0.4 is 0 Å². The minimum absolute atomic E-state index is 0.165. The van der Waals surface area contributed by atoms with Crippen LogP contribution in [0.25, 0.3) is 0 Å². The lowest BCUT2D eigenvalue weighted by molar-refractivity contribution is 0.0594. The number of aliphatic hydroxyl groups is 1. The number of carbonyl (C=O) groups is 1. The molecule has 0 bridgehead atoms. The van der Waals surface area contributed by atoms with Crippen LogP contribution in [0.4, 0.5) is 0 Å². The first-order valence-corrected chi connectivity index (χ1v) is 4.42. The van der Waals surface area contributed by atoms with Gasteiger partial charge in [0.2, 0.25) is 0 Å². The van der Waals surface area contributed by atoms with E-state index >= 15 is 0 Å². The molecule has 4 heteroatoms. The van der Waals surface area contributed by atoms with Crippen LogP contribution in [0.2, 0.25) is 0 Å². The Hall–Kier alpha value is -1.42. The highest BCUT2D eigenvalue weighted by molar-refractivity contribution is 5.86. The number of esters is 1. The zero-order valence-electron chi connectivity index (χ0n) is 8.06. The minimum atomic E-state index is -0.432. The normalized spacial score (nSPS) is 9.86. The molecule has 0 amide bonds. The number of nitrogens with zero attached hydrogens (tertiary/aromatic N) is 1. The molecule has 0 aliphatic heterocycles. The molecule has 0 radical (unpaired) electrons. The summed E-state index contributed by atoms with van der Waals surface area (Å²) in [6, 6.07) is 3.44. The average Bonchev–Trinajstić information content (AvgIpc) is 2.26. The van der Waals surface area contributed by atoms with Crippen LogP contribution in [0.5, 0.6) is 0 Å². The summed E-state index contributed by atoms with van der Waals surface area (Å²) in [6.45, 7) is 0.165. The van der Waals surface area contributed by atoms with Gasteiger partial charge >= 0.3 is 5.97 Å². The smallest absolute Gasteiger partial charge is 0.356 e. The number of hydrogen-bond donors (Lipinski definition) is 1. The van der Waals surface area contributed by atoms with Gasteiger partial charge in [0.1, 0.15) is 5.69 Å². The van der Waals surface area contributed by atoms with Crippen molar-refractivity contribution in [2.75, 3.05) is 13.7 Å². The van der Waals surface area contributed by atoms with E-state index in [0.29, 0.717) is 12.1 Å². The lowest BCUT2D eigenvalue weighted by Crippen LogP contribution is -2.04. The molecule has 4 nitrogen and oxygen atoms in total. The van der Waals surface area contributed by atoms with Crippen LogP contribution in [0, 0.1) is 0 Å². The fourth-order valence-corrected chi connectivity index (χ4v) is 1.08. The number of aliphatic hydroxyl groups excluding tert-OH is 1. The van der Waals surface area contributed by atoms with Crippen LogP contribution in [0.15, 0.2) is 18.3 Å². The number of aromatic nitrogens is 1. The monoisotopic (exact) mass is 195 g/mol. The van der Waals surface area contributed by atoms with Gasteiger partial charge < -0.3 is 9.84 Å². The molecule has 0 saturated heterocycles. The fraction of sp³-hybridized carbons (Fsp3) is 0.400. The third-order valence-corrected chi connectivity index (χ3v) is 1.84. The molecule has 14 heavy (non-hydrogen) atoms. The highest BCUT2D eigenvalue weighted by Crippen LogP contribution is 2.03. The molecule has 1 heterocycles. The molecule has 0 aliphatic rings. The molecule has 1 rings (SSSR count). The number of aryl methyl sites for hydroxylation is 1. The maximum atomic E-state index is 11.0. The van der Waals surface area contributed by atoms with Crippen molar-refractivity contribution in [1.29, 1.82) is 0 Å². The van der Waals surface area contributed by atoms with Crippen molar-refractivity contribution in [2.24, 2.45) is 0 Å². The Morgan fingerprint density at radius 2 is 2.36 bits per heavy atom. The van der Waals surface area contributed by atoms with E-state index in [0.717, 1.165) is 12.0 Å². The predicted molar refractivity (Wildman–Crippen MR) is 51.0 cm³/mol. The maximum Gasteiger partial charge on any atom is 0.356 e. The first-order chi connectivity index (χ1) is 6.77. The fourth-order valence-electron chi connectivity index (χ4n) is 1.08. The molecule has 0 unspecified atom stereocenters.